The highest BCUT2D eigenvalue weighted by atomic mass is 16.3. The lowest BCUT2D eigenvalue weighted by molar-refractivity contribution is -0.118. The first-order valence-electron chi connectivity index (χ1n) is 8.86. The van der Waals surface area contributed by atoms with Crippen molar-refractivity contribution in [2.24, 2.45) is 0 Å². The van der Waals surface area contributed by atoms with E-state index in [-0.39, 0.29) is 19.1 Å². The third-order valence-corrected chi connectivity index (χ3v) is 5.04. The van der Waals surface area contributed by atoms with Gasteiger partial charge in [-0.3, -0.25) is 19.3 Å². The molecule has 0 unspecified atom stereocenters. The van der Waals surface area contributed by atoms with Crippen molar-refractivity contribution >= 4 is 23.4 Å². The van der Waals surface area contributed by atoms with Gasteiger partial charge in [0.1, 0.15) is 6.54 Å². The van der Waals surface area contributed by atoms with Gasteiger partial charge in [-0.25, -0.2) is 0 Å². The fourth-order valence-electron chi connectivity index (χ4n) is 3.50. The molecule has 1 heterocycles. The largest absolute Gasteiger partial charge is 0.392 e. The lowest BCUT2D eigenvalue weighted by Gasteiger charge is -2.26. The van der Waals surface area contributed by atoms with Crippen molar-refractivity contribution in [2.45, 2.75) is 27.4 Å². The molecule has 0 radical (unpaired) electrons. The lowest BCUT2D eigenvalue weighted by atomic mass is 10.0. The summed E-state index contributed by atoms with van der Waals surface area (Å²) in [5.41, 5.74) is 3.87. The van der Waals surface area contributed by atoms with Crippen molar-refractivity contribution in [1.29, 1.82) is 0 Å². The second-order valence-electron chi connectivity index (χ2n) is 6.54. The van der Waals surface area contributed by atoms with Crippen LogP contribution in [0.2, 0.25) is 0 Å². The molecule has 1 N–H and O–H groups in total. The van der Waals surface area contributed by atoms with Gasteiger partial charge in [-0.2, -0.15) is 0 Å². The van der Waals surface area contributed by atoms with Crippen LogP contribution in [-0.4, -0.2) is 40.8 Å². The van der Waals surface area contributed by atoms with Crippen LogP contribution in [0.5, 0.6) is 0 Å². The highest BCUT2D eigenvalue weighted by molar-refractivity contribution is 6.22. The van der Waals surface area contributed by atoms with E-state index in [4.69, 9.17) is 0 Å². The number of nitrogens with zero attached hydrogens (tertiary/aromatic N) is 2. The Morgan fingerprint density at radius 1 is 1.04 bits per heavy atom. The average Bonchev–Trinajstić information content (AvgIpc) is 2.90. The molecule has 1 aliphatic heterocycles. The van der Waals surface area contributed by atoms with Crippen molar-refractivity contribution in [3.8, 4) is 0 Å². The number of carbonyl (C=O) groups excluding carboxylic acids is 3. The number of likely N-dealkylation sites (N-methyl/N-ethyl adjacent to an activating group) is 1. The number of hydrogen-bond acceptors (Lipinski definition) is 4. The smallest absolute Gasteiger partial charge is 0.262 e. The third-order valence-electron chi connectivity index (χ3n) is 5.04. The first-order valence-corrected chi connectivity index (χ1v) is 8.86. The van der Waals surface area contributed by atoms with Crippen LogP contribution in [0.1, 0.15) is 44.3 Å². The maximum absolute atomic E-state index is 12.9. The molecule has 6 nitrogen and oxygen atoms in total. The molecule has 0 saturated carbocycles. The number of benzene rings is 2. The van der Waals surface area contributed by atoms with Crippen LogP contribution in [0.3, 0.4) is 0 Å². The topological polar surface area (TPSA) is 77.9 Å². The number of anilines is 1. The normalized spacial score (nSPS) is 13.1. The van der Waals surface area contributed by atoms with E-state index < -0.39 is 11.8 Å². The third kappa shape index (κ3) is 3.13. The average molecular weight is 366 g/mol. The van der Waals surface area contributed by atoms with E-state index in [1.807, 2.05) is 32.9 Å². The molecule has 6 heteroatoms. The van der Waals surface area contributed by atoms with Gasteiger partial charge in [0.25, 0.3) is 11.8 Å². The maximum Gasteiger partial charge on any atom is 0.262 e. The second-order valence-corrected chi connectivity index (χ2v) is 6.54. The minimum Gasteiger partial charge on any atom is -0.392 e. The van der Waals surface area contributed by atoms with Gasteiger partial charge < -0.3 is 10.0 Å². The van der Waals surface area contributed by atoms with Crippen LogP contribution in [0.4, 0.5) is 5.69 Å². The minimum atomic E-state index is -0.448. The van der Waals surface area contributed by atoms with Gasteiger partial charge in [-0.15, -0.1) is 0 Å². The number of amides is 3. The quantitative estimate of drug-likeness (QED) is 0.825. The number of fused-ring (bicyclic) bond motifs is 1. The molecule has 1 aliphatic rings. The van der Waals surface area contributed by atoms with E-state index in [1.54, 1.807) is 24.3 Å². The fraction of sp³-hybridized carbons (Fsp3) is 0.286. The Hall–Kier alpha value is -2.99. The number of aryl methyl sites for hydroxylation is 1. The standard InChI is InChI=1S/C21H22N2O4/c1-4-22(18-10-9-13(2)17(12-24)14(18)3)19(25)11-23-20(26)15-7-5-6-8-16(15)21(23)27/h5-10,24H,4,11-12H2,1-3H3. The van der Waals surface area contributed by atoms with E-state index in [0.717, 1.165) is 21.6 Å². The molecule has 0 saturated heterocycles. The summed E-state index contributed by atoms with van der Waals surface area (Å²) in [6.07, 6.45) is 0. The molecule has 0 aromatic heterocycles. The van der Waals surface area contributed by atoms with E-state index in [0.29, 0.717) is 23.4 Å². The predicted octanol–water partition coefficient (Wildman–Crippen LogP) is 2.44. The van der Waals surface area contributed by atoms with E-state index >= 15 is 0 Å². The van der Waals surface area contributed by atoms with Gasteiger partial charge in [-0.05, 0) is 55.7 Å². The van der Waals surface area contributed by atoms with Crippen LogP contribution >= 0.6 is 0 Å². The summed E-state index contributed by atoms with van der Waals surface area (Å²) in [5, 5.41) is 9.62. The predicted molar refractivity (Wildman–Crippen MR) is 102 cm³/mol. The van der Waals surface area contributed by atoms with E-state index in [2.05, 4.69) is 0 Å². The Balaban J connectivity index is 1.88. The molecule has 0 atom stereocenters. The molecule has 0 aliphatic carbocycles. The summed E-state index contributed by atoms with van der Waals surface area (Å²) >= 11 is 0. The Morgan fingerprint density at radius 3 is 2.15 bits per heavy atom. The Bertz CT molecular complexity index is 901. The Labute approximate surface area is 158 Å². The van der Waals surface area contributed by atoms with Crippen molar-refractivity contribution in [3.05, 3.63) is 64.2 Å². The monoisotopic (exact) mass is 366 g/mol. The van der Waals surface area contributed by atoms with Crippen LogP contribution in [-0.2, 0) is 11.4 Å². The first kappa shape index (κ1) is 18.8. The summed E-state index contributed by atoms with van der Waals surface area (Å²) in [4.78, 5) is 40.5. The minimum absolute atomic E-state index is 0.115. The molecule has 140 valence electrons. The van der Waals surface area contributed by atoms with Crippen LogP contribution in [0, 0.1) is 13.8 Å². The zero-order valence-electron chi connectivity index (χ0n) is 15.7. The van der Waals surface area contributed by atoms with Gasteiger partial charge in [0, 0.05) is 12.2 Å². The number of carbonyl (C=O) groups is 3. The molecule has 0 bridgehead atoms. The summed E-state index contributed by atoms with van der Waals surface area (Å²) < 4.78 is 0. The fourth-order valence-corrected chi connectivity index (χ4v) is 3.50. The van der Waals surface area contributed by atoms with Crippen molar-refractivity contribution in [3.63, 3.8) is 0 Å². The van der Waals surface area contributed by atoms with Crippen molar-refractivity contribution in [2.75, 3.05) is 18.0 Å². The summed E-state index contributed by atoms with van der Waals surface area (Å²) in [5.74, 6) is -1.24. The molecule has 2 aromatic carbocycles. The molecule has 2 aromatic rings. The molecule has 0 spiro atoms. The molecular formula is C21H22N2O4. The maximum atomic E-state index is 12.9. The second kappa shape index (κ2) is 7.32. The van der Waals surface area contributed by atoms with Crippen LogP contribution < -0.4 is 4.90 Å². The number of rotatable bonds is 5. The van der Waals surface area contributed by atoms with Gasteiger partial charge in [0.2, 0.25) is 5.91 Å². The van der Waals surface area contributed by atoms with E-state index in [1.165, 1.54) is 4.90 Å². The van der Waals surface area contributed by atoms with Crippen LogP contribution in [0.25, 0.3) is 0 Å². The number of aliphatic hydroxyl groups excluding tert-OH is 1. The zero-order chi connectivity index (χ0) is 19.7. The molecule has 3 rings (SSSR count). The Morgan fingerprint density at radius 2 is 1.63 bits per heavy atom. The molecule has 27 heavy (non-hydrogen) atoms. The SMILES string of the molecule is CCN(C(=O)CN1C(=O)c2ccccc2C1=O)c1ccc(C)c(CO)c1C. The highest BCUT2D eigenvalue weighted by Crippen LogP contribution is 2.27. The van der Waals surface area contributed by atoms with Crippen LogP contribution in [0.15, 0.2) is 36.4 Å². The molecule has 3 amide bonds. The summed E-state index contributed by atoms with van der Waals surface area (Å²) in [6, 6.07) is 10.3. The first-order chi connectivity index (χ1) is 12.9. The molecular weight excluding hydrogens is 344 g/mol. The van der Waals surface area contributed by atoms with Crippen molar-refractivity contribution < 1.29 is 19.5 Å². The highest BCUT2D eigenvalue weighted by Gasteiger charge is 2.37. The number of aliphatic hydroxyl groups is 1. The number of hydrogen-bond donors (Lipinski definition) is 1. The molecule has 0 fully saturated rings. The summed E-state index contributed by atoms with van der Waals surface area (Å²) in [7, 11) is 0. The van der Waals surface area contributed by atoms with Gasteiger partial charge in [-0.1, -0.05) is 18.2 Å². The number of imide groups is 1. The lowest BCUT2D eigenvalue weighted by Crippen LogP contribution is -2.43. The van der Waals surface area contributed by atoms with Gasteiger partial charge in [0.05, 0.1) is 17.7 Å². The zero-order valence-corrected chi connectivity index (χ0v) is 15.7. The summed E-state index contributed by atoms with van der Waals surface area (Å²) in [6.45, 7) is 5.54. The van der Waals surface area contributed by atoms with Gasteiger partial charge >= 0.3 is 0 Å². The van der Waals surface area contributed by atoms with Crippen molar-refractivity contribution in [1.82, 2.24) is 4.90 Å². The van der Waals surface area contributed by atoms with E-state index in [9.17, 15) is 19.5 Å². The van der Waals surface area contributed by atoms with Gasteiger partial charge in [0.15, 0.2) is 0 Å². The Kier molecular flexibility index (Phi) is 5.10.